The molecule has 1 aromatic carbocycles. The van der Waals surface area contributed by atoms with E-state index < -0.39 is 0 Å². The van der Waals surface area contributed by atoms with Gasteiger partial charge < -0.3 is 13.7 Å². The van der Waals surface area contributed by atoms with Crippen molar-refractivity contribution < 1.29 is 8.83 Å². The highest BCUT2D eigenvalue weighted by molar-refractivity contribution is 14.1. The van der Waals surface area contributed by atoms with Crippen molar-refractivity contribution in [1.29, 1.82) is 0 Å². The number of nitrogens with zero attached hydrogens (tertiary/aromatic N) is 3. The van der Waals surface area contributed by atoms with Crippen LogP contribution in [0.5, 0.6) is 0 Å². The Balaban J connectivity index is 1.70. The third kappa shape index (κ3) is 4.74. The van der Waals surface area contributed by atoms with Crippen LogP contribution in [0.25, 0.3) is 0 Å². The number of H-pyrrole nitrogens is 2. The topological polar surface area (TPSA) is 86.9 Å². The Hall–Kier alpha value is -1.53. The second kappa shape index (κ2) is 8.03. The summed E-state index contributed by atoms with van der Waals surface area (Å²) < 4.78 is 11.8. The van der Waals surface area contributed by atoms with Gasteiger partial charge in [0.2, 0.25) is 11.8 Å². The number of aromatic nitrogens is 4. The minimum atomic E-state index is 0.291. The fraction of sp³-hybridized carbons (Fsp3) is 0.286. The molecule has 0 unspecified atom stereocenters. The zero-order valence-electron chi connectivity index (χ0n) is 12.5. The Morgan fingerprint density at radius 1 is 0.917 bits per heavy atom. The fourth-order valence-corrected chi connectivity index (χ4v) is 2.86. The Kier molecular flexibility index (Phi) is 5.79. The Morgan fingerprint density at radius 2 is 1.42 bits per heavy atom. The maximum Gasteiger partial charge on any atom is 0.284 e. The SMILES string of the molecule is S=c1[nH]nc(CCN(CCc2n[nH]c(=S)o2)c2ccc(I)cc2)o1. The van der Waals surface area contributed by atoms with Gasteiger partial charge in [0.15, 0.2) is 0 Å². The molecule has 2 N–H and O–H groups in total. The fourth-order valence-electron chi connectivity index (χ4n) is 2.22. The summed E-state index contributed by atoms with van der Waals surface area (Å²) in [6.45, 7) is 1.46. The molecule has 0 saturated heterocycles. The van der Waals surface area contributed by atoms with E-state index in [0.29, 0.717) is 34.3 Å². The van der Waals surface area contributed by atoms with Crippen molar-refractivity contribution in [3.63, 3.8) is 0 Å². The van der Waals surface area contributed by atoms with Gasteiger partial charge in [0.05, 0.1) is 0 Å². The number of aromatic amines is 2. The van der Waals surface area contributed by atoms with Crippen molar-refractivity contribution in [2.45, 2.75) is 12.8 Å². The van der Waals surface area contributed by atoms with Crippen LogP contribution < -0.4 is 4.90 Å². The third-order valence-corrected chi connectivity index (χ3v) is 4.42. The third-order valence-electron chi connectivity index (χ3n) is 3.35. The van der Waals surface area contributed by atoms with Gasteiger partial charge in [-0.3, -0.25) is 0 Å². The summed E-state index contributed by atoms with van der Waals surface area (Å²) in [6.07, 6.45) is 1.28. The number of halogens is 1. The van der Waals surface area contributed by atoms with Gasteiger partial charge in [0.1, 0.15) is 0 Å². The minimum absolute atomic E-state index is 0.291. The predicted octanol–water partition coefficient (Wildman–Crippen LogP) is 3.67. The van der Waals surface area contributed by atoms with Gasteiger partial charge in [-0.1, -0.05) is 0 Å². The molecule has 0 atom stereocenters. The van der Waals surface area contributed by atoms with E-state index in [1.807, 2.05) is 0 Å². The van der Waals surface area contributed by atoms with Crippen LogP contribution >= 0.6 is 47.0 Å². The van der Waals surface area contributed by atoms with Crippen LogP contribution in [0.2, 0.25) is 0 Å². The van der Waals surface area contributed by atoms with Crippen molar-refractivity contribution >= 4 is 52.7 Å². The summed E-state index contributed by atoms with van der Waals surface area (Å²) in [6, 6.07) is 8.32. The smallest absolute Gasteiger partial charge is 0.284 e. The normalized spacial score (nSPS) is 10.9. The first-order chi connectivity index (χ1) is 11.6. The van der Waals surface area contributed by atoms with Crippen LogP contribution in [0.1, 0.15) is 11.8 Å². The van der Waals surface area contributed by atoms with Crippen LogP contribution in [0.3, 0.4) is 0 Å². The lowest BCUT2D eigenvalue weighted by Crippen LogP contribution is -2.28. The van der Waals surface area contributed by atoms with E-state index >= 15 is 0 Å². The van der Waals surface area contributed by atoms with Gasteiger partial charge in [-0.15, -0.1) is 10.2 Å². The van der Waals surface area contributed by atoms with Gasteiger partial charge in [0, 0.05) is 35.2 Å². The average Bonchev–Trinajstić information content (AvgIpc) is 3.17. The second-order valence-corrected chi connectivity index (χ2v) is 6.96. The van der Waals surface area contributed by atoms with Gasteiger partial charge in [0.25, 0.3) is 9.67 Å². The van der Waals surface area contributed by atoms with E-state index in [1.165, 1.54) is 3.57 Å². The Bertz CT molecular complexity index is 846. The molecule has 0 aliphatic carbocycles. The lowest BCUT2D eigenvalue weighted by Gasteiger charge is -2.23. The lowest BCUT2D eigenvalue weighted by molar-refractivity contribution is 0.470. The highest BCUT2D eigenvalue weighted by Crippen LogP contribution is 2.17. The van der Waals surface area contributed by atoms with Crippen LogP contribution in [0.15, 0.2) is 33.1 Å². The number of hydrogen-bond donors (Lipinski definition) is 2. The van der Waals surface area contributed by atoms with Crippen molar-refractivity contribution in [3.05, 3.63) is 49.3 Å². The molecule has 10 heteroatoms. The monoisotopic (exact) mass is 475 g/mol. The van der Waals surface area contributed by atoms with Crippen molar-refractivity contribution in [3.8, 4) is 0 Å². The van der Waals surface area contributed by atoms with E-state index in [0.717, 1.165) is 18.8 Å². The first kappa shape index (κ1) is 17.3. The van der Waals surface area contributed by atoms with Crippen molar-refractivity contribution in [2.24, 2.45) is 0 Å². The molecule has 7 nitrogen and oxygen atoms in total. The molecule has 2 heterocycles. The summed E-state index contributed by atoms with van der Waals surface area (Å²) in [4.78, 5) is 2.80. The maximum atomic E-state index is 5.33. The largest absolute Gasteiger partial charge is 0.414 e. The molecular weight excluding hydrogens is 461 g/mol. The number of rotatable bonds is 7. The molecule has 0 radical (unpaired) electrons. The van der Waals surface area contributed by atoms with Crippen LogP contribution in [-0.4, -0.2) is 33.5 Å². The molecule has 3 rings (SSSR count). The van der Waals surface area contributed by atoms with E-state index in [9.17, 15) is 0 Å². The zero-order chi connectivity index (χ0) is 16.9. The number of hydrogen-bond acceptors (Lipinski definition) is 7. The van der Waals surface area contributed by atoms with Crippen molar-refractivity contribution in [2.75, 3.05) is 18.0 Å². The molecule has 126 valence electrons. The molecule has 0 bridgehead atoms. The minimum Gasteiger partial charge on any atom is -0.414 e. The summed E-state index contributed by atoms with van der Waals surface area (Å²) in [5, 5.41) is 13.4. The van der Waals surface area contributed by atoms with Crippen LogP contribution in [-0.2, 0) is 12.8 Å². The van der Waals surface area contributed by atoms with Gasteiger partial charge in [-0.25, -0.2) is 10.2 Å². The number of anilines is 1. The molecule has 0 fully saturated rings. The van der Waals surface area contributed by atoms with E-state index in [-0.39, 0.29) is 0 Å². The first-order valence-electron chi connectivity index (χ1n) is 7.19. The lowest BCUT2D eigenvalue weighted by atomic mass is 10.2. The second-order valence-electron chi connectivity index (χ2n) is 4.98. The van der Waals surface area contributed by atoms with E-state index in [1.54, 1.807) is 0 Å². The summed E-state index contributed by atoms with van der Waals surface area (Å²) >= 11 is 12.1. The van der Waals surface area contributed by atoms with Crippen LogP contribution in [0, 0.1) is 13.2 Å². The first-order valence-corrected chi connectivity index (χ1v) is 9.09. The van der Waals surface area contributed by atoms with E-state index in [4.69, 9.17) is 33.3 Å². The number of benzene rings is 1. The summed E-state index contributed by atoms with van der Waals surface area (Å²) in [5.74, 6) is 1.18. The molecule has 0 spiro atoms. The molecule has 0 aliphatic rings. The van der Waals surface area contributed by atoms with Crippen molar-refractivity contribution in [1.82, 2.24) is 20.4 Å². The van der Waals surface area contributed by atoms with E-state index in [2.05, 4.69) is 72.2 Å². The number of nitrogens with one attached hydrogen (secondary N) is 2. The highest BCUT2D eigenvalue weighted by Gasteiger charge is 2.11. The molecule has 0 saturated carbocycles. The summed E-state index contributed by atoms with van der Waals surface area (Å²) in [5.41, 5.74) is 1.11. The zero-order valence-corrected chi connectivity index (χ0v) is 16.3. The molecular formula is C14H14IN5O2S2. The molecule has 2 aromatic heterocycles. The Morgan fingerprint density at radius 3 is 1.83 bits per heavy atom. The highest BCUT2D eigenvalue weighted by atomic mass is 127. The molecule has 3 aromatic rings. The predicted molar refractivity (Wildman–Crippen MR) is 102 cm³/mol. The Labute approximate surface area is 161 Å². The van der Waals surface area contributed by atoms with Gasteiger partial charge in [-0.05, 0) is 71.3 Å². The van der Waals surface area contributed by atoms with Crippen LogP contribution in [0.4, 0.5) is 5.69 Å². The summed E-state index contributed by atoms with van der Waals surface area (Å²) in [7, 11) is 0. The molecule has 0 amide bonds. The van der Waals surface area contributed by atoms with Gasteiger partial charge >= 0.3 is 0 Å². The maximum absolute atomic E-state index is 5.33. The standard InChI is InChI=1S/C14H14IN5O2S2/c15-9-1-3-10(4-2-9)20(7-5-11-16-18-13(23)21-11)8-6-12-17-19-14(24)22-12/h1-4H,5-8H2,(H,18,23)(H,19,24). The van der Waals surface area contributed by atoms with Gasteiger partial charge in [-0.2, -0.15) is 0 Å². The molecule has 24 heavy (non-hydrogen) atoms. The quantitative estimate of drug-likeness (QED) is 0.398. The molecule has 0 aliphatic heterocycles. The average molecular weight is 475 g/mol.